The van der Waals surface area contributed by atoms with Crippen molar-refractivity contribution in [1.29, 1.82) is 0 Å². The van der Waals surface area contributed by atoms with Crippen LogP contribution in [0, 0.1) is 5.92 Å². The minimum atomic E-state index is -2.70. The third-order valence-corrected chi connectivity index (χ3v) is 18.3. The zero-order chi connectivity index (χ0) is 24.1. The Kier molecular flexibility index (Phi) is 9.32. The second kappa shape index (κ2) is 10.3. The molecule has 0 spiro atoms. The molecule has 2 unspecified atom stereocenters. The molecule has 5 heteroatoms. The zero-order valence-electron chi connectivity index (χ0n) is 21.5. The van der Waals surface area contributed by atoms with Crippen LogP contribution in [0.15, 0.2) is 67.5 Å². The standard InChI is InChI=1S/C26H46O2Si3/c1-13-25(14-2,27-30(10,11)17-5)31(12,24-21-19-18-20-22-24)28-26(15-3,23(6)7)29(8,9)16-4/h15-23H,3-5,13-14H2,1-2,6-12H3. The van der Waals surface area contributed by atoms with Crippen molar-refractivity contribution in [1.82, 2.24) is 0 Å². The molecule has 0 aliphatic carbocycles. The molecule has 0 saturated carbocycles. The van der Waals surface area contributed by atoms with Crippen molar-refractivity contribution in [2.24, 2.45) is 5.92 Å². The summed E-state index contributed by atoms with van der Waals surface area (Å²) in [4.78, 5) is 0. The van der Waals surface area contributed by atoms with Crippen molar-refractivity contribution in [2.45, 2.75) is 83.7 Å². The number of rotatable bonds is 13. The average Bonchev–Trinajstić information content (AvgIpc) is 2.75. The van der Waals surface area contributed by atoms with E-state index in [2.05, 4.69) is 122 Å². The fraction of sp³-hybridized carbons (Fsp3) is 0.538. The minimum Gasteiger partial charge on any atom is -0.408 e. The molecular weight excluding hydrogens is 429 g/mol. The highest BCUT2D eigenvalue weighted by Gasteiger charge is 2.60. The quantitative estimate of drug-likeness (QED) is 0.224. The first-order valence-electron chi connectivity index (χ1n) is 11.6. The lowest BCUT2D eigenvalue weighted by Crippen LogP contribution is -2.74. The Bertz CT molecular complexity index is 753. The van der Waals surface area contributed by atoms with Crippen LogP contribution >= 0.6 is 0 Å². The van der Waals surface area contributed by atoms with Gasteiger partial charge < -0.3 is 8.85 Å². The van der Waals surface area contributed by atoms with E-state index in [0.29, 0.717) is 0 Å². The summed E-state index contributed by atoms with van der Waals surface area (Å²) in [5.41, 5.74) is 4.19. The third kappa shape index (κ3) is 5.17. The van der Waals surface area contributed by atoms with E-state index in [1.54, 1.807) is 0 Å². The molecule has 0 aliphatic heterocycles. The van der Waals surface area contributed by atoms with Crippen molar-refractivity contribution < 1.29 is 8.85 Å². The maximum atomic E-state index is 7.59. The second-order valence-corrected chi connectivity index (χ2v) is 22.4. The van der Waals surface area contributed by atoms with Crippen LogP contribution in [0.2, 0.25) is 32.7 Å². The highest BCUT2D eigenvalue weighted by Crippen LogP contribution is 2.43. The Hall–Kier alpha value is -0.989. The molecule has 2 nitrogen and oxygen atoms in total. The molecule has 0 N–H and O–H groups in total. The van der Waals surface area contributed by atoms with Crippen molar-refractivity contribution in [3.8, 4) is 0 Å². The van der Waals surface area contributed by atoms with Gasteiger partial charge in [-0.3, -0.25) is 0 Å². The van der Waals surface area contributed by atoms with Crippen LogP contribution in [-0.2, 0) is 8.85 Å². The Morgan fingerprint density at radius 1 is 0.871 bits per heavy atom. The van der Waals surface area contributed by atoms with Gasteiger partial charge in [0.25, 0.3) is 8.32 Å². The summed E-state index contributed by atoms with van der Waals surface area (Å²) in [6, 6.07) is 10.8. The van der Waals surface area contributed by atoms with Crippen LogP contribution in [0.3, 0.4) is 0 Å². The van der Waals surface area contributed by atoms with Crippen molar-refractivity contribution in [3.63, 3.8) is 0 Å². The summed E-state index contributed by atoms with van der Waals surface area (Å²) < 4.78 is 14.7. The summed E-state index contributed by atoms with van der Waals surface area (Å²) >= 11 is 0. The zero-order valence-corrected chi connectivity index (χ0v) is 24.5. The van der Waals surface area contributed by atoms with E-state index >= 15 is 0 Å². The van der Waals surface area contributed by atoms with Crippen LogP contribution in [0.25, 0.3) is 0 Å². The van der Waals surface area contributed by atoms with Gasteiger partial charge in [0.05, 0.1) is 10.4 Å². The van der Waals surface area contributed by atoms with Gasteiger partial charge >= 0.3 is 0 Å². The van der Waals surface area contributed by atoms with Gasteiger partial charge in [-0.1, -0.05) is 88.6 Å². The monoisotopic (exact) mass is 474 g/mol. The topological polar surface area (TPSA) is 18.5 Å². The van der Waals surface area contributed by atoms with E-state index in [1.165, 1.54) is 5.19 Å². The average molecular weight is 475 g/mol. The van der Waals surface area contributed by atoms with Crippen LogP contribution in [0.5, 0.6) is 0 Å². The van der Waals surface area contributed by atoms with E-state index in [4.69, 9.17) is 8.85 Å². The maximum absolute atomic E-state index is 7.59. The molecule has 0 fully saturated rings. The largest absolute Gasteiger partial charge is 0.408 e. The molecule has 0 bridgehead atoms. The highest BCUT2D eigenvalue weighted by molar-refractivity contribution is 6.91. The van der Waals surface area contributed by atoms with Gasteiger partial charge in [0.1, 0.15) is 8.07 Å². The lowest BCUT2D eigenvalue weighted by atomic mass is 10.1. The first kappa shape index (κ1) is 28.0. The Labute approximate surface area is 195 Å². The Balaban J connectivity index is 3.94. The molecule has 1 rings (SSSR count). The van der Waals surface area contributed by atoms with Gasteiger partial charge in [-0.05, 0) is 43.6 Å². The summed E-state index contributed by atoms with van der Waals surface area (Å²) in [7, 11) is -6.82. The summed E-state index contributed by atoms with van der Waals surface area (Å²) in [6.45, 7) is 33.1. The SMILES string of the molecule is C=CC(O[Si](C)(c1ccccc1)C(CC)(CC)O[Si](C)(C)C=C)(C(C)C)[Si](C)(C)C=C. The van der Waals surface area contributed by atoms with Gasteiger partial charge in [-0.15, -0.1) is 19.7 Å². The van der Waals surface area contributed by atoms with Crippen molar-refractivity contribution in [3.05, 3.63) is 67.5 Å². The fourth-order valence-corrected chi connectivity index (χ4v) is 15.9. The Morgan fingerprint density at radius 2 is 1.39 bits per heavy atom. The normalized spacial score (nSPS) is 17.0. The highest BCUT2D eigenvalue weighted by atomic mass is 28.4. The van der Waals surface area contributed by atoms with Gasteiger partial charge in [-0.25, -0.2) is 0 Å². The predicted octanol–water partition coefficient (Wildman–Crippen LogP) is 7.08. The molecule has 0 radical (unpaired) electrons. The van der Waals surface area contributed by atoms with Crippen molar-refractivity contribution >= 4 is 29.9 Å². The third-order valence-electron chi connectivity index (χ3n) is 7.34. The fourth-order valence-electron chi connectivity index (χ4n) is 4.91. The summed E-state index contributed by atoms with van der Waals surface area (Å²) in [5, 5.41) is 0.463. The predicted molar refractivity (Wildman–Crippen MR) is 146 cm³/mol. The molecule has 31 heavy (non-hydrogen) atoms. The van der Waals surface area contributed by atoms with Gasteiger partial charge in [0.15, 0.2) is 0 Å². The van der Waals surface area contributed by atoms with Crippen molar-refractivity contribution in [2.75, 3.05) is 0 Å². The van der Waals surface area contributed by atoms with Gasteiger partial charge in [-0.2, -0.15) is 0 Å². The molecule has 0 heterocycles. The first-order chi connectivity index (χ1) is 14.3. The molecule has 0 amide bonds. The molecule has 174 valence electrons. The molecule has 0 aromatic heterocycles. The Morgan fingerprint density at radius 3 is 1.74 bits per heavy atom. The van der Waals surface area contributed by atoms with Crippen LogP contribution < -0.4 is 5.19 Å². The van der Waals surface area contributed by atoms with Crippen LogP contribution in [0.1, 0.15) is 40.5 Å². The number of benzene rings is 1. The van der Waals surface area contributed by atoms with E-state index in [9.17, 15) is 0 Å². The minimum absolute atomic E-state index is 0.274. The second-order valence-electron chi connectivity index (χ2n) is 10.2. The number of hydrogen-bond acceptors (Lipinski definition) is 2. The molecule has 0 aliphatic rings. The smallest absolute Gasteiger partial charge is 0.251 e. The lowest BCUT2D eigenvalue weighted by Gasteiger charge is -2.56. The molecule has 1 aromatic carbocycles. The van der Waals surface area contributed by atoms with E-state index < -0.39 is 29.9 Å². The molecule has 1 aromatic rings. The first-order valence-corrected chi connectivity index (χ1v) is 20.1. The van der Waals surface area contributed by atoms with E-state index in [-0.39, 0.29) is 11.1 Å². The molecule has 0 saturated heterocycles. The van der Waals surface area contributed by atoms with E-state index in [0.717, 1.165) is 12.8 Å². The molecular formula is C26H46O2Si3. The van der Waals surface area contributed by atoms with E-state index in [1.807, 2.05) is 5.70 Å². The molecule has 2 atom stereocenters. The van der Waals surface area contributed by atoms with Crippen LogP contribution in [-0.4, -0.2) is 35.2 Å². The summed E-state index contributed by atoms with van der Waals surface area (Å²) in [5.74, 6) is 0.274. The number of hydrogen-bond donors (Lipinski definition) is 0. The van der Waals surface area contributed by atoms with Gasteiger partial charge in [0, 0.05) is 0 Å². The van der Waals surface area contributed by atoms with Gasteiger partial charge in [0.2, 0.25) is 8.32 Å². The maximum Gasteiger partial charge on any atom is 0.251 e. The lowest BCUT2D eigenvalue weighted by molar-refractivity contribution is 0.0629. The summed E-state index contributed by atoms with van der Waals surface area (Å²) in [6.07, 6.45) is 3.87. The van der Waals surface area contributed by atoms with Crippen LogP contribution in [0.4, 0.5) is 0 Å².